The average molecular weight is 373 g/mol. The van der Waals surface area contributed by atoms with Crippen LogP contribution in [0.2, 0.25) is 0 Å². The average Bonchev–Trinajstić information content (AvgIpc) is 2.65. The molecular formula is C19H23N3O3S. The van der Waals surface area contributed by atoms with Gasteiger partial charge in [-0.05, 0) is 42.7 Å². The van der Waals surface area contributed by atoms with E-state index in [1.807, 2.05) is 0 Å². The van der Waals surface area contributed by atoms with Gasteiger partial charge in [-0.25, -0.2) is 8.42 Å². The molecule has 1 amide bonds. The summed E-state index contributed by atoms with van der Waals surface area (Å²) in [5.74, 6) is -0.200. The van der Waals surface area contributed by atoms with E-state index in [1.54, 1.807) is 48.5 Å². The molecule has 3 rings (SSSR count). The lowest BCUT2D eigenvalue weighted by molar-refractivity contribution is -0.115. The van der Waals surface area contributed by atoms with E-state index in [0.717, 1.165) is 24.8 Å². The van der Waals surface area contributed by atoms with Gasteiger partial charge in [0.15, 0.2) is 0 Å². The zero-order chi connectivity index (χ0) is 18.6. The quantitative estimate of drug-likeness (QED) is 0.788. The van der Waals surface area contributed by atoms with Gasteiger partial charge < -0.3 is 11.1 Å². The van der Waals surface area contributed by atoms with Crippen LogP contribution < -0.4 is 11.1 Å². The van der Waals surface area contributed by atoms with Gasteiger partial charge in [-0.3, -0.25) is 4.79 Å². The molecular weight excluding hydrogens is 350 g/mol. The number of hydrogen-bond acceptors (Lipinski definition) is 4. The zero-order valence-electron chi connectivity index (χ0n) is 14.5. The SMILES string of the molecule is Nc1ccccc1NC(=O)Cc1ccc(S(=O)(=O)N2CCCCC2)cc1. The van der Waals surface area contributed by atoms with Gasteiger partial charge in [0.25, 0.3) is 0 Å². The Labute approximate surface area is 154 Å². The van der Waals surface area contributed by atoms with Crippen molar-refractivity contribution in [3.63, 3.8) is 0 Å². The van der Waals surface area contributed by atoms with Crippen LogP contribution in [0.3, 0.4) is 0 Å². The molecule has 6 nitrogen and oxygen atoms in total. The third-order valence-corrected chi connectivity index (χ3v) is 6.39. The summed E-state index contributed by atoms with van der Waals surface area (Å²) in [5.41, 5.74) is 7.63. The molecule has 1 fully saturated rings. The minimum Gasteiger partial charge on any atom is -0.397 e. The minimum absolute atomic E-state index is 0.151. The lowest BCUT2D eigenvalue weighted by atomic mass is 10.1. The Bertz CT molecular complexity index is 873. The number of nitrogens with one attached hydrogen (secondary N) is 1. The lowest BCUT2D eigenvalue weighted by Gasteiger charge is -2.25. The molecule has 0 atom stereocenters. The summed E-state index contributed by atoms with van der Waals surface area (Å²) in [5, 5.41) is 2.76. The van der Waals surface area contributed by atoms with Crippen molar-refractivity contribution in [3.05, 3.63) is 54.1 Å². The Morgan fingerprint density at radius 1 is 1.00 bits per heavy atom. The van der Waals surface area contributed by atoms with Crippen LogP contribution in [0.15, 0.2) is 53.4 Å². The van der Waals surface area contributed by atoms with Crippen LogP contribution in [0.25, 0.3) is 0 Å². The van der Waals surface area contributed by atoms with E-state index >= 15 is 0 Å². The van der Waals surface area contributed by atoms with Crippen molar-refractivity contribution < 1.29 is 13.2 Å². The van der Waals surface area contributed by atoms with Gasteiger partial charge in [0, 0.05) is 13.1 Å². The largest absolute Gasteiger partial charge is 0.397 e. The van der Waals surface area contributed by atoms with E-state index in [2.05, 4.69) is 5.32 Å². The molecule has 0 unspecified atom stereocenters. The number of carbonyl (C=O) groups excluding carboxylic acids is 1. The number of anilines is 2. The van der Waals surface area contributed by atoms with Crippen molar-refractivity contribution in [2.24, 2.45) is 0 Å². The molecule has 0 radical (unpaired) electrons. The first-order valence-corrected chi connectivity index (χ1v) is 10.1. The molecule has 0 spiro atoms. The summed E-state index contributed by atoms with van der Waals surface area (Å²) < 4.78 is 26.8. The van der Waals surface area contributed by atoms with Gasteiger partial charge >= 0.3 is 0 Å². The highest BCUT2D eigenvalue weighted by molar-refractivity contribution is 7.89. The molecule has 0 bridgehead atoms. The zero-order valence-corrected chi connectivity index (χ0v) is 15.3. The van der Waals surface area contributed by atoms with Gasteiger partial charge in [-0.15, -0.1) is 0 Å². The van der Waals surface area contributed by atoms with Crippen LogP contribution in [-0.4, -0.2) is 31.7 Å². The second-order valence-electron chi connectivity index (χ2n) is 6.42. The summed E-state index contributed by atoms with van der Waals surface area (Å²) in [6, 6.07) is 13.6. The van der Waals surface area contributed by atoms with Gasteiger partial charge in [0.05, 0.1) is 22.7 Å². The molecule has 1 aliphatic heterocycles. The summed E-state index contributed by atoms with van der Waals surface area (Å²) in [4.78, 5) is 12.4. The fourth-order valence-electron chi connectivity index (χ4n) is 3.02. The van der Waals surface area contributed by atoms with Crippen LogP contribution in [0.1, 0.15) is 24.8 Å². The summed E-state index contributed by atoms with van der Waals surface area (Å²) >= 11 is 0. The monoisotopic (exact) mass is 373 g/mol. The van der Waals surface area contributed by atoms with Crippen LogP contribution in [0, 0.1) is 0 Å². The molecule has 26 heavy (non-hydrogen) atoms. The third-order valence-electron chi connectivity index (χ3n) is 4.48. The van der Waals surface area contributed by atoms with Gasteiger partial charge in [0.2, 0.25) is 15.9 Å². The highest BCUT2D eigenvalue weighted by atomic mass is 32.2. The molecule has 2 aromatic carbocycles. The van der Waals surface area contributed by atoms with Crippen molar-refractivity contribution in [3.8, 4) is 0 Å². The Balaban J connectivity index is 1.66. The maximum atomic E-state index is 12.6. The van der Waals surface area contributed by atoms with Crippen LogP contribution >= 0.6 is 0 Å². The van der Waals surface area contributed by atoms with Crippen molar-refractivity contribution in [2.75, 3.05) is 24.1 Å². The Kier molecular flexibility index (Phi) is 5.58. The molecule has 7 heteroatoms. The van der Waals surface area contributed by atoms with Gasteiger partial charge in [0.1, 0.15) is 0 Å². The van der Waals surface area contributed by atoms with E-state index in [-0.39, 0.29) is 17.2 Å². The van der Waals surface area contributed by atoms with E-state index in [9.17, 15) is 13.2 Å². The third kappa shape index (κ3) is 4.23. The second kappa shape index (κ2) is 7.88. The molecule has 138 valence electrons. The summed E-state index contributed by atoms with van der Waals surface area (Å²) in [6.07, 6.45) is 3.03. The Morgan fingerprint density at radius 3 is 2.31 bits per heavy atom. The van der Waals surface area contributed by atoms with E-state index < -0.39 is 10.0 Å². The number of benzene rings is 2. The Morgan fingerprint density at radius 2 is 1.65 bits per heavy atom. The predicted molar refractivity (Wildman–Crippen MR) is 102 cm³/mol. The van der Waals surface area contributed by atoms with Crippen molar-refractivity contribution in [1.82, 2.24) is 4.31 Å². The van der Waals surface area contributed by atoms with Crippen molar-refractivity contribution >= 4 is 27.3 Å². The maximum absolute atomic E-state index is 12.6. The number of piperidine rings is 1. The number of hydrogen-bond donors (Lipinski definition) is 2. The normalized spacial score (nSPS) is 15.5. The molecule has 0 aliphatic carbocycles. The van der Waals surface area contributed by atoms with Crippen LogP contribution in [-0.2, 0) is 21.2 Å². The van der Waals surface area contributed by atoms with Crippen molar-refractivity contribution in [1.29, 1.82) is 0 Å². The molecule has 2 aromatic rings. The minimum atomic E-state index is -3.45. The highest BCUT2D eigenvalue weighted by Gasteiger charge is 2.25. The van der Waals surface area contributed by atoms with E-state index in [0.29, 0.717) is 24.5 Å². The van der Waals surface area contributed by atoms with Crippen molar-refractivity contribution in [2.45, 2.75) is 30.6 Å². The first kappa shape index (κ1) is 18.4. The van der Waals surface area contributed by atoms with E-state index in [1.165, 1.54) is 4.31 Å². The number of amides is 1. The van der Waals surface area contributed by atoms with E-state index in [4.69, 9.17) is 5.73 Å². The summed E-state index contributed by atoms with van der Waals surface area (Å²) in [6.45, 7) is 1.15. The maximum Gasteiger partial charge on any atom is 0.243 e. The van der Waals surface area contributed by atoms with Crippen LogP contribution in [0.4, 0.5) is 11.4 Å². The smallest absolute Gasteiger partial charge is 0.243 e. The van der Waals surface area contributed by atoms with Gasteiger partial charge in [-0.2, -0.15) is 4.31 Å². The second-order valence-corrected chi connectivity index (χ2v) is 8.36. The number of para-hydroxylation sites is 2. The fourth-order valence-corrected chi connectivity index (χ4v) is 4.54. The number of sulfonamides is 1. The molecule has 0 saturated carbocycles. The number of nitrogens with two attached hydrogens (primary N) is 1. The molecule has 1 aliphatic rings. The van der Waals surface area contributed by atoms with Gasteiger partial charge in [-0.1, -0.05) is 30.7 Å². The highest BCUT2D eigenvalue weighted by Crippen LogP contribution is 2.21. The summed E-state index contributed by atoms with van der Waals surface area (Å²) in [7, 11) is -3.45. The standard InChI is InChI=1S/C19H23N3O3S/c20-17-6-2-3-7-18(17)21-19(23)14-15-8-10-16(11-9-15)26(24,25)22-12-4-1-5-13-22/h2-3,6-11H,1,4-5,12-14,20H2,(H,21,23). The number of nitrogens with zero attached hydrogens (tertiary/aromatic N) is 1. The first-order valence-electron chi connectivity index (χ1n) is 8.70. The predicted octanol–water partition coefficient (Wildman–Crippen LogP) is 2.62. The lowest BCUT2D eigenvalue weighted by Crippen LogP contribution is -2.35. The molecule has 0 aromatic heterocycles. The topological polar surface area (TPSA) is 92.5 Å². The molecule has 3 N–H and O–H groups in total. The number of nitrogen functional groups attached to an aromatic ring is 1. The number of rotatable bonds is 5. The number of carbonyl (C=O) groups is 1. The molecule has 1 heterocycles. The first-order chi connectivity index (χ1) is 12.5. The van der Waals surface area contributed by atoms with Crippen LogP contribution in [0.5, 0.6) is 0 Å². The molecule has 1 saturated heterocycles. The fraction of sp³-hybridized carbons (Fsp3) is 0.316. The Hall–Kier alpha value is -2.38.